The number of carbonyl (C=O) groups excluding carboxylic acids is 1. The molecule has 3 rings (SSSR count). The van der Waals surface area contributed by atoms with Crippen LogP contribution in [0.15, 0.2) is 47.5 Å². The van der Waals surface area contributed by atoms with Gasteiger partial charge in [0.05, 0.1) is 16.3 Å². The second kappa shape index (κ2) is 8.13. The summed E-state index contributed by atoms with van der Waals surface area (Å²) in [6.45, 7) is 10.6. The number of amides is 1. The Balaban J connectivity index is 1.74. The van der Waals surface area contributed by atoms with Gasteiger partial charge in [-0.25, -0.2) is 4.98 Å². The Hall–Kier alpha value is -2.33. The third-order valence-corrected chi connectivity index (χ3v) is 5.55. The number of carbonyl (C=O) groups is 1. The van der Waals surface area contributed by atoms with Crippen LogP contribution in [0, 0.1) is 20.8 Å². The lowest BCUT2D eigenvalue weighted by atomic mass is 10.0. The minimum atomic E-state index is -0.00622. The summed E-state index contributed by atoms with van der Waals surface area (Å²) in [5.74, 6) is 0.702. The van der Waals surface area contributed by atoms with Crippen LogP contribution in [0.4, 0.5) is 5.69 Å². The Morgan fingerprint density at radius 1 is 1.07 bits per heavy atom. The number of thioether (sulfide) groups is 1. The first kappa shape index (κ1) is 19.4. The molecule has 1 heterocycles. The van der Waals surface area contributed by atoms with Crippen molar-refractivity contribution >= 4 is 34.3 Å². The molecule has 0 atom stereocenters. The van der Waals surface area contributed by atoms with Crippen molar-refractivity contribution in [3.63, 3.8) is 0 Å². The first-order valence-electron chi connectivity index (χ1n) is 9.25. The predicted molar refractivity (Wildman–Crippen MR) is 116 cm³/mol. The van der Waals surface area contributed by atoms with Gasteiger partial charge in [0.2, 0.25) is 5.91 Å². The van der Waals surface area contributed by atoms with Gasteiger partial charge in [0, 0.05) is 11.1 Å². The second-order valence-electron chi connectivity index (χ2n) is 7.33. The Morgan fingerprint density at radius 3 is 2.56 bits per heavy atom. The molecule has 0 fully saturated rings. The van der Waals surface area contributed by atoms with Gasteiger partial charge in [-0.3, -0.25) is 4.79 Å². The molecule has 0 radical (unpaired) electrons. The van der Waals surface area contributed by atoms with E-state index in [-0.39, 0.29) is 5.91 Å². The van der Waals surface area contributed by atoms with Crippen LogP contribution in [0.1, 0.15) is 42.0 Å². The van der Waals surface area contributed by atoms with Gasteiger partial charge in [-0.1, -0.05) is 55.4 Å². The van der Waals surface area contributed by atoms with Gasteiger partial charge < -0.3 is 5.32 Å². The number of hydrogen-bond acceptors (Lipinski definition) is 3. The summed E-state index contributed by atoms with van der Waals surface area (Å²) in [4.78, 5) is 17.2. The summed E-state index contributed by atoms with van der Waals surface area (Å²) in [6, 6.07) is 14.4. The topological polar surface area (TPSA) is 42.0 Å². The largest absolute Gasteiger partial charge is 0.325 e. The molecular formula is C23H26N2OS. The molecule has 0 spiro atoms. The van der Waals surface area contributed by atoms with Crippen LogP contribution in [0.3, 0.4) is 0 Å². The third-order valence-electron chi connectivity index (χ3n) is 4.64. The molecule has 1 amide bonds. The molecule has 27 heavy (non-hydrogen) atoms. The number of aromatic nitrogens is 1. The SMILES string of the molecule is Cc1cc(C)c2nc(SCC(=O)Nc3ccccc3C(C)C)cc(C)c2c1. The van der Waals surface area contributed by atoms with Crippen molar-refractivity contribution in [2.75, 3.05) is 11.1 Å². The molecule has 4 heteroatoms. The molecule has 1 aromatic heterocycles. The Bertz CT molecular complexity index is 995. The highest BCUT2D eigenvalue weighted by atomic mass is 32.2. The van der Waals surface area contributed by atoms with E-state index < -0.39 is 0 Å². The minimum Gasteiger partial charge on any atom is -0.325 e. The number of benzene rings is 2. The summed E-state index contributed by atoms with van der Waals surface area (Å²) in [7, 11) is 0. The van der Waals surface area contributed by atoms with Gasteiger partial charge in [0.25, 0.3) is 0 Å². The monoisotopic (exact) mass is 378 g/mol. The second-order valence-corrected chi connectivity index (χ2v) is 8.33. The lowest BCUT2D eigenvalue weighted by Crippen LogP contribution is -2.15. The van der Waals surface area contributed by atoms with E-state index in [4.69, 9.17) is 4.98 Å². The van der Waals surface area contributed by atoms with E-state index in [0.717, 1.165) is 21.8 Å². The van der Waals surface area contributed by atoms with Crippen LogP contribution in [0.2, 0.25) is 0 Å². The van der Waals surface area contributed by atoms with Gasteiger partial charge in [0.15, 0.2) is 0 Å². The van der Waals surface area contributed by atoms with Crippen LogP contribution < -0.4 is 5.32 Å². The smallest absolute Gasteiger partial charge is 0.234 e. The van der Waals surface area contributed by atoms with E-state index in [2.05, 4.69) is 64.2 Å². The molecule has 0 bridgehead atoms. The molecule has 1 N–H and O–H groups in total. The van der Waals surface area contributed by atoms with Gasteiger partial charge in [-0.05, 0) is 61.6 Å². The number of nitrogens with one attached hydrogen (secondary N) is 1. The zero-order valence-corrected chi connectivity index (χ0v) is 17.4. The zero-order chi connectivity index (χ0) is 19.6. The molecule has 3 nitrogen and oxygen atoms in total. The summed E-state index contributed by atoms with van der Waals surface area (Å²) < 4.78 is 0. The third kappa shape index (κ3) is 4.51. The van der Waals surface area contributed by atoms with Crippen LogP contribution in [-0.2, 0) is 4.79 Å². The van der Waals surface area contributed by atoms with Crippen molar-refractivity contribution in [1.29, 1.82) is 0 Å². The number of pyridine rings is 1. The average Bonchev–Trinajstić information content (AvgIpc) is 2.61. The lowest BCUT2D eigenvalue weighted by Gasteiger charge is -2.13. The van der Waals surface area contributed by atoms with Crippen LogP contribution in [-0.4, -0.2) is 16.6 Å². The van der Waals surface area contributed by atoms with Gasteiger partial charge >= 0.3 is 0 Å². The molecule has 0 unspecified atom stereocenters. The maximum absolute atomic E-state index is 12.5. The first-order chi connectivity index (χ1) is 12.8. The number of nitrogens with zero attached hydrogens (tertiary/aromatic N) is 1. The van der Waals surface area contributed by atoms with Crippen molar-refractivity contribution in [3.05, 3.63) is 64.7 Å². The van der Waals surface area contributed by atoms with Gasteiger partial charge in [-0.15, -0.1) is 0 Å². The minimum absolute atomic E-state index is 0.00622. The van der Waals surface area contributed by atoms with Crippen molar-refractivity contribution in [3.8, 4) is 0 Å². The fourth-order valence-corrected chi connectivity index (χ4v) is 4.10. The highest BCUT2D eigenvalue weighted by Gasteiger charge is 2.11. The normalized spacial score (nSPS) is 11.2. The highest BCUT2D eigenvalue weighted by molar-refractivity contribution is 7.99. The Labute approximate surface area is 165 Å². The summed E-state index contributed by atoms with van der Waals surface area (Å²) in [5.41, 5.74) is 6.68. The molecule has 2 aromatic carbocycles. The number of hydrogen-bond donors (Lipinski definition) is 1. The number of rotatable bonds is 5. The number of para-hydroxylation sites is 1. The fourth-order valence-electron chi connectivity index (χ4n) is 3.33. The maximum atomic E-state index is 12.5. The summed E-state index contributed by atoms with van der Waals surface area (Å²) in [5, 5.41) is 5.12. The molecular weight excluding hydrogens is 352 g/mol. The van der Waals surface area contributed by atoms with E-state index in [9.17, 15) is 4.79 Å². The van der Waals surface area contributed by atoms with Crippen molar-refractivity contribution in [2.45, 2.75) is 45.6 Å². The summed E-state index contributed by atoms with van der Waals surface area (Å²) >= 11 is 1.48. The molecule has 0 aliphatic rings. The fraction of sp³-hybridized carbons (Fsp3) is 0.304. The van der Waals surface area contributed by atoms with E-state index in [1.165, 1.54) is 33.8 Å². The molecule has 0 saturated heterocycles. The molecule has 0 aliphatic carbocycles. The number of anilines is 1. The van der Waals surface area contributed by atoms with E-state index in [1.54, 1.807) is 0 Å². The average molecular weight is 379 g/mol. The van der Waals surface area contributed by atoms with E-state index in [1.807, 2.05) is 18.2 Å². The van der Waals surface area contributed by atoms with Crippen molar-refractivity contribution < 1.29 is 4.79 Å². The number of aryl methyl sites for hydroxylation is 3. The summed E-state index contributed by atoms with van der Waals surface area (Å²) in [6.07, 6.45) is 0. The maximum Gasteiger partial charge on any atom is 0.234 e. The molecule has 0 aliphatic heterocycles. The van der Waals surface area contributed by atoms with Gasteiger partial charge in [-0.2, -0.15) is 0 Å². The van der Waals surface area contributed by atoms with Crippen LogP contribution in [0.5, 0.6) is 0 Å². The highest BCUT2D eigenvalue weighted by Crippen LogP contribution is 2.28. The van der Waals surface area contributed by atoms with E-state index in [0.29, 0.717) is 11.7 Å². The van der Waals surface area contributed by atoms with Crippen molar-refractivity contribution in [2.24, 2.45) is 0 Å². The Kier molecular flexibility index (Phi) is 5.85. The first-order valence-corrected chi connectivity index (χ1v) is 10.2. The zero-order valence-electron chi connectivity index (χ0n) is 16.6. The van der Waals surface area contributed by atoms with Crippen LogP contribution >= 0.6 is 11.8 Å². The number of fused-ring (bicyclic) bond motifs is 1. The van der Waals surface area contributed by atoms with Gasteiger partial charge in [0.1, 0.15) is 0 Å². The van der Waals surface area contributed by atoms with Crippen molar-refractivity contribution in [1.82, 2.24) is 4.98 Å². The lowest BCUT2D eigenvalue weighted by molar-refractivity contribution is -0.113. The Morgan fingerprint density at radius 2 is 1.81 bits per heavy atom. The molecule has 3 aromatic rings. The quantitative estimate of drug-likeness (QED) is 0.552. The van der Waals surface area contributed by atoms with Crippen LogP contribution in [0.25, 0.3) is 10.9 Å². The standard InChI is InChI=1S/C23H26N2OS/c1-14(2)18-8-6-7-9-20(18)24-21(26)13-27-22-12-16(4)19-11-15(3)10-17(5)23(19)25-22/h6-12,14H,13H2,1-5H3,(H,24,26). The predicted octanol–water partition coefficient (Wildman–Crippen LogP) is 6.01. The molecule has 140 valence electrons. The van der Waals surface area contributed by atoms with E-state index >= 15 is 0 Å². The molecule has 0 saturated carbocycles.